The van der Waals surface area contributed by atoms with Gasteiger partial charge in [0, 0.05) is 27.6 Å². The maximum atomic E-state index is 12.1. The Balaban J connectivity index is 3.79. The molecule has 0 aliphatic carbocycles. The molecule has 6 heteroatoms. The van der Waals surface area contributed by atoms with Gasteiger partial charge >= 0.3 is 5.97 Å². The lowest BCUT2D eigenvalue weighted by Gasteiger charge is -2.17. The first-order valence-electron chi connectivity index (χ1n) is 13.1. The van der Waals surface area contributed by atoms with Gasteiger partial charge in [-0.1, -0.05) is 89.7 Å². The number of hydrogen-bond acceptors (Lipinski definition) is 5. The van der Waals surface area contributed by atoms with Gasteiger partial charge in [0.1, 0.15) is 6.61 Å². The highest BCUT2D eigenvalue weighted by atomic mass is 16.5. The predicted molar refractivity (Wildman–Crippen MR) is 135 cm³/mol. The van der Waals surface area contributed by atoms with E-state index in [1.807, 2.05) is 6.08 Å². The van der Waals surface area contributed by atoms with Gasteiger partial charge in [-0.15, -0.1) is 0 Å². The minimum atomic E-state index is -0.367. The lowest BCUT2D eigenvalue weighted by Crippen LogP contribution is -2.41. The monoisotopic (exact) mass is 469 g/mol. The summed E-state index contributed by atoms with van der Waals surface area (Å²) >= 11 is 0. The quantitative estimate of drug-likeness (QED) is 0.111. The zero-order chi connectivity index (χ0) is 24.6. The van der Waals surface area contributed by atoms with E-state index in [1.165, 1.54) is 77.6 Å². The maximum Gasteiger partial charge on any atom is 0.302 e. The molecule has 0 aromatic heterocycles. The number of nitrogens with one attached hydrogen (secondary N) is 1. The molecule has 0 aromatic rings. The number of esters is 1. The Hall–Kier alpha value is -1.40. The van der Waals surface area contributed by atoms with Crippen molar-refractivity contribution >= 4 is 11.9 Å². The van der Waals surface area contributed by atoms with Crippen molar-refractivity contribution in [1.29, 1.82) is 0 Å². The molecule has 0 fully saturated rings. The summed E-state index contributed by atoms with van der Waals surface area (Å²) in [7, 11) is 3.34. The number of unbranched alkanes of at least 4 members (excludes halogenated alkanes) is 10. The molecule has 2 atom stereocenters. The number of ether oxygens (including phenoxy) is 3. The Morgan fingerprint density at radius 2 is 1.45 bits per heavy atom. The second kappa shape index (κ2) is 23.7. The molecule has 0 aliphatic rings. The first kappa shape index (κ1) is 31.6. The van der Waals surface area contributed by atoms with Crippen LogP contribution in [0.15, 0.2) is 12.2 Å². The predicted octanol–water partition coefficient (Wildman–Crippen LogP) is 6.12. The van der Waals surface area contributed by atoms with Crippen LogP contribution in [0.25, 0.3) is 0 Å². The largest absolute Gasteiger partial charge is 0.464 e. The van der Waals surface area contributed by atoms with Crippen LogP contribution in [0.4, 0.5) is 0 Å². The highest BCUT2D eigenvalue weighted by Crippen LogP contribution is 2.14. The molecule has 6 nitrogen and oxygen atoms in total. The van der Waals surface area contributed by atoms with Crippen molar-refractivity contribution < 1.29 is 23.8 Å². The summed E-state index contributed by atoms with van der Waals surface area (Å²) in [4.78, 5) is 23.0. The Kier molecular flexibility index (Phi) is 22.7. The molecule has 0 radical (unpaired) electrons. The second-order valence-corrected chi connectivity index (χ2v) is 8.95. The minimum Gasteiger partial charge on any atom is -0.464 e. The molecule has 0 aromatic carbocycles. The second-order valence-electron chi connectivity index (χ2n) is 8.95. The summed E-state index contributed by atoms with van der Waals surface area (Å²) in [6.07, 6.45) is 22.4. The molecule has 0 saturated carbocycles. The van der Waals surface area contributed by atoms with E-state index >= 15 is 0 Å². The minimum absolute atomic E-state index is 0.0712. The van der Waals surface area contributed by atoms with Gasteiger partial charge in [0.05, 0.1) is 18.8 Å². The lowest BCUT2D eigenvalue weighted by atomic mass is 10.0. The van der Waals surface area contributed by atoms with Crippen LogP contribution >= 0.6 is 0 Å². The molecule has 0 saturated heterocycles. The van der Waals surface area contributed by atoms with E-state index in [0.717, 1.165) is 12.8 Å². The van der Waals surface area contributed by atoms with Crippen LogP contribution in [0, 0.1) is 0 Å². The third kappa shape index (κ3) is 22.2. The topological polar surface area (TPSA) is 73.9 Å². The molecule has 0 aliphatic heterocycles. The van der Waals surface area contributed by atoms with Crippen LogP contribution < -0.4 is 5.32 Å². The number of rotatable bonds is 23. The fourth-order valence-electron chi connectivity index (χ4n) is 3.80. The number of carbonyl (C=O) groups excluding carboxylic acids is 2. The molecule has 33 heavy (non-hydrogen) atoms. The summed E-state index contributed by atoms with van der Waals surface area (Å²) in [6.45, 7) is 4.05. The van der Waals surface area contributed by atoms with Crippen LogP contribution in [0.2, 0.25) is 0 Å². The third-order valence-corrected chi connectivity index (χ3v) is 5.79. The number of allylic oxidation sites excluding steroid dienone is 1. The van der Waals surface area contributed by atoms with E-state index in [4.69, 9.17) is 14.2 Å². The summed E-state index contributed by atoms with van der Waals surface area (Å²) in [5.41, 5.74) is 0. The Morgan fingerprint density at radius 3 is 2.00 bits per heavy atom. The molecule has 1 amide bonds. The van der Waals surface area contributed by atoms with Gasteiger partial charge in [-0.05, 0) is 19.3 Å². The molecule has 1 N–H and O–H groups in total. The third-order valence-electron chi connectivity index (χ3n) is 5.79. The summed E-state index contributed by atoms with van der Waals surface area (Å²) in [6, 6.07) is -0.320. The molecule has 0 rings (SSSR count). The average molecular weight is 470 g/mol. The first-order chi connectivity index (χ1) is 16.0. The van der Waals surface area contributed by atoms with Gasteiger partial charge in [-0.25, -0.2) is 0 Å². The highest BCUT2D eigenvalue weighted by molar-refractivity contribution is 5.76. The van der Waals surface area contributed by atoms with Crippen molar-refractivity contribution in [1.82, 2.24) is 5.32 Å². The van der Waals surface area contributed by atoms with Crippen molar-refractivity contribution in [2.24, 2.45) is 0 Å². The summed E-state index contributed by atoms with van der Waals surface area (Å²) in [5.74, 6) is -0.438. The van der Waals surface area contributed by atoms with E-state index in [9.17, 15) is 9.59 Å². The van der Waals surface area contributed by atoms with Crippen molar-refractivity contribution in [2.75, 3.05) is 27.4 Å². The Bertz CT molecular complexity index is 495. The number of amides is 1. The van der Waals surface area contributed by atoms with E-state index in [2.05, 4.69) is 18.3 Å². The van der Waals surface area contributed by atoms with E-state index in [0.29, 0.717) is 19.4 Å². The smallest absolute Gasteiger partial charge is 0.302 e. The van der Waals surface area contributed by atoms with Gasteiger partial charge in [0.2, 0.25) is 5.91 Å². The zero-order valence-electron chi connectivity index (χ0n) is 21.9. The van der Waals surface area contributed by atoms with Crippen molar-refractivity contribution in [2.45, 2.75) is 122 Å². The van der Waals surface area contributed by atoms with Gasteiger partial charge in [-0.3, -0.25) is 9.59 Å². The first-order valence-corrected chi connectivity index (χ1v) is 13.1. The number of carbonyl (C=O) groups is 2. The fraction of sp³-hybridized carbons (Fsp3) is 0.852. The highest BCUT2D eigenvalue weighted by Gasteiger charge is 2.13. The van der Waals surface area contributed by atoms with Gasteiger partial charge in [-0.2, -0.15) is 0 Å². The van der Waals surface area contributed by atoms with Crippen molar-refractivity contribution in [3.63, 3.8) is 0 Å². The average Bonchev–Trinajstić information content (AvgIpc) is 2.79. The van der Waals surface area contributed by atoms with E-state index in [-0.39, 0.29) is 30.6 Å². The fourth-order valence-corrected chi connectivity index (χ4v) is 3.80. The van der Waals surface area contributed by atoms with E-state index < -0.39 is 0 Å². The number of hydrogen-bond donors (Lipinski definition) is 1. The van der Waals surface area contributed by atoms with E-state index in [1.54, 1.807) is 14.2 Å². The van der Waals surface area contributed by atoms with Crippen LogP contribution in [0.3, 0.4) is 0 Å². The zero-order valence-corrected chi connectivity index (χ0v) is 21.9. The van der Waals surface area contributed by atoms with Crippen LogP contribution in [0.1, 0.15) is 110 Å². The van der Waals surface area contributed by atoms with Gasteiger partial charge in [0.25, 0.3) is 0 Å². The van der Waals surface area contributed by atoms with Crippen LogP contribution in [-0.2, 0) is 23.8 Å². The van der Waals surface area contributed by atoms with Gasteiger partial charge < -0.3 is 19.5 Å². The molecular weight excluding hydrogens is 418 g/mol. The molecular formula is C27H51NO5. The molecule has 194 valence electrons. The van der Waals surface area contributed by atoms with Gasteiger partial charge in [0.15, 0.2) is 0 Å². The Morgan fingerprint density at radius 1 is 0.848 bits per heavy atom. The normalized spacial score (nSPS) is 13.2. The number of methoxy groups -OCH3 is 2. The van der Waals surface area contributed by atoms with Crippen molar-refractivity contribution in [3.8, 4) is 0 Å². The van der Waals surface area contributed by atoms with Crippen LogP contribution in [-0.4, -0.2) is 51.5 Å². The standard InChI is InChI=1S/C27H51NO5/c1-5-6-7-8-9-10-11-12-13-14-16-19-26(32-4)20-17-15-18-21-27(30)28-25(22-31-3)23-33-24(2)29/h15,17,25-26H,5-14,16,18-23H2,1-4H3,(H,28,30). The Labute approximate surface area is 203 Å². The summed E-state index contributed by atoms with van der Waals surface area (Å²) in [5, 5.41) is 2.85. The maximum absolute atomic E-state index is 12.1. The molecule has 0 spiro atoms. The molecule has 2 unspecified atom stereocenters. The molecule has 0 heterocycles. The SMILES string of the molecule is CCCCCCCCCCCCCC(CC=CCCC(=O)NC(COC)COC(C)=O)OC. The van der Waals surface area contributed by atoms with Crippen molar-refractivity contribution in [3.05, 3.63) is 12.2 Å². The van der Waals surface area contributed by atoms with Crippen LogP contribution in [0.5, 0.6) is 0 Å². The molecule has 0 bridgehead atoms. The lowest BCUT2D eigenvalue weighted by molar-refractivity contribution is -0.143. The summed E-state index contributed by atoms with van der Waals surface area (Å²) < 4.78 is 15.6.